The van der Waals surface area contributed by atoms with Crippen molar-refractivity contribution in [3.8, 4) is 0 Å². The van der Waals surface area contributed by atoms with Crippen molar-refractivity contribution >= 4 is 11.9 Å². The zero-order valence-electron chi connectivity index (χ0n) is 27.0. The number of hydrogen-bond acceptors (Lipinski definition) is 6. The molecule has 0 radical (unpaired) electrons. The summed E-state index contributed by atoms with van der Waals surface area (Å²) in [7, 11) is 0. The van der Waals surface area contributed by atoms with Crippen LogP contribution in [0.4, 0.5) is 0 Å². The summed E-state index contributed by atoms with van der Waals surface area (Å²) in [6, 6.07) is 0. The number of carbonyl (C=O) groups excluding carboxylic acids is 2. The Bertz CT molecular complexity index is 752. The lowest BCUT2D eigenvalue weighted by molar-refractivity contribution is -0.152. The van der Waals surface area contributed by atoms with E-state index >= 15 is 0 Å². The lowest BCUT2D eigenvalue weighted by atomic mass is 10.0. The van der Waals surface area contributed by atoms with Crippen LogP contribution in [0.15, 0.2) is 48.6 Å². The molecule has 0 aromatic carbocycles. The Labute approximate surface area is 257 Å². The summed E-state index contributed by atoms with van der Waals surface area (Å²) >= 11 is 0. The molecule has 0 aliphatic rings. The second-order valence-corrected chi connectivity index (χ2v) is 11.6. The molecule has 6 heteroatoms. The molecule has 42 heavy (non-hydrogen) atoms. The lowest BCUT2D eigenvalue weighted by Crippen LogP contribution is -2.25. The highest BCUT2D eigenvalue weighted by molar-refractivity contribution is 5.69. The van der Waals surface area contributed by atoms with Gasteiger partial charge in [0.05, 0.1) is 6.10 Å². The fourth-order valence-electron chi connectivity index (χ4n) is 4.25. The van der Waals surface area contributed by atoms with E-state index in [2.05, 4.69) is 51.2 Å². The molecule has 0 heterocycles. The van der Waals surface area contributed by atoms with Crippen molar-refractivity contribution in [3.05, 3.63) is 48.6 Å². The summed E-state index contributed by atoms with van der Waals surface area (Å²) in [4.78, 5) is 23.7. The van der Waals surface area contributed by atoms with Gasteiger partial charge in [-0.1, -0.05) is 134 Å². The summed E-state index contributed by atoms with van der Waals surface area (Å²) in [6.07, 6.45) is 32.1. The van der Waals surface area contributed by atoms with Crippen LogP contribution in [0.5, 0.6) is 0 Å². The fraction of sp³-hybridized carbons (Fsp3) is 0.722. The molecule has 2 N–H and O–H groups in total. The van der Waals surface area contributed by atoms with Gasteiger partial charge in [-0.05, 0) is 44.4 Å². The topological polar surface area (TPSA) is 93.1 Å². The molecule has 0 saturated heterocycles. The van der Waals surface area contributed by atoms with Gasteiger partial charge in [0.2, 0.25) is 0 Å². The summed E-state index contributed by atoms with van der Waals surface area (Å²) in [5, 5.41) is 19.8. The van der Waals surface area contributed by atoms with E-state index in [1.165, 1.54) is 38.5 Å². The highest BCUT2D eigenvalue weighted by Gasteiger charge is 2.12. The summed E-state index contributed by atoms with van der Waals surface area (Å²) in [6.45, 7) is 6.38. The van der Waals surface area contributed by atoms with Crippen LogP contribution in [0.1, 0.15) is 136 Å². The van der Waals surface area contributed by atoms with Crippen LogP contribution in [0, 0.1) is 5.92 Å². The number of ether oxygens (including phenoxy) is 2. The van der Waals surface area contributed by atoms with Crippen LogP contribution in [-0.2, 0) is 19.1 Å². The minimum absolute atomic E-state index is 0.146. The third-order valence-electron chi connectivity index (χ3n) is 6.85. The standard InChI is InChI=1S/C36H62O6/c1-4-5-20-26-33(37)27-22-17-13-9-7-6-8-10-14-18-23-28-35(39)41-30-34(38)31-42-36(40)29-24-19-15-11-12-16-21-25-32(2)3/h6-7,10,13-14,17,22,27,32-34,37-38H,4-5,8-9,11-12,15-16,18-21,23-26,28-31H2,1-3H3/b7-6-,14-10-,17-13-,27-22+/t33-,34-/m1/s1. The number of allylic oxidation sites excluding steroid dienone is 7. The first-order valence-corrected chi connectivity index (χ1v) is 16.7. The van der Waals surface area contributed by atoms with E-state index in [1.807, 2.05) is 18.2 Å². The van der Waals surface area contributed by atoms with Gasteiger partial charge in [0.15, 0.2) is 0 Å². The quantitative estimate of drug-likeness (QED) is 0.0410. The fourth-order valence-corrected chi connectivity index (χ4v) is 4.25. The van der Waals surface area contributed by atoms with E-state index < -0.39 is 6.10 Å². The molecule has 0 aliphatic heterocycles. The first kappa shape index (κ1) is 39.8. The summed E-state index contributed by atoms with van der Waals surface area (Å²) < 4.78 is 10.2. The molecule has 0 bridgehead atoms. The molecule has 0 rings (SSSR count). The number of aliphatic hydroxyl groups excluding tert-OH is 2. The minimum atomic E-state index is -0.997. The molecular weight excluding hydrogens is 528 g/mol. The first-order valence-electron chi connectivity index (χ1n) is 16.7. The van der Waals surface area contributed by atoms with Crippen LogP contribution >= 0.6 is 0 Å². The smallest absolute Gasteiger partial charge is 0.305 e. The van der Waals surface area contributed by atoms with Gasteiger partial charge in [0, 0.05) is 12.8 Å². The molecule has 0 saturated carbocycles. The van der Waals surface area contributed by atoms with Gasteiger partial charge < -0.3 is 19.7 Å². The second-order valence-electron chi connectivity index (χ2n) is 11.6. The zero-order chi connectivity index (χ0) is 31.1. The Balaban J connectivity index is 3.65. The van der Waals surface area contributed by atoms with Crippen molar-refractivity contribution in [1.82, 2.24) is 0 Å². The maximum atomic E-state index is 11.9. The molecule has 0 aliphatic carbocycles. The number of aliphatic hydroxyl groups is 2. The number of carbonyl (C=O) groups is 2. The summed E-state index contributed by atoms with van der Waals surface area (Å²) in [5.74, 6) is 0.123. The normalized spacial score (nSPS) is 13.7. The SMILES string of the molecule is CCCCC[C@@H](O)/C=C/C=C\C/C=C\C/C=C\CCCC(=O)OC[C@@H](O)COC(=O)CCCCCCCCCC(C)C. The molecule has 0 unspecified atom stereocenters. The van der Waals surface area contributed by atoms with Crippen molar-refractivity contribution < 1.29 is 29.3 Å². The van der Waals surface area contributed by atoms with Crippen molar-refractivity contribution in [2.24, 2.45) is 5.92 Å². The number of unbranched alkanes of at least 4 members (excludes halogenated alkanes) is 9. The Morgan fingerprint density at radius 3 is 1.83 bits per heavy atom. The number of esters is 2. The van der Waals surface area contributed by atoms with Gasteiger partial charge >= 0.3 is 11.9 Å². The maximum absolute atomic E-state index is 11.9. The number of rotatable bonds is 28. The van der Waals surface area contributed by atoms with Crippen LogP contribution in [0.2, 0.25) is 0 Å². The van der Waals surface area contributed by atoms with Crippen molar-refractivity contribution in [1.29, 1.82) is 0 Å². The molecule has 0 aromatic heterocycles. The highest BCUT2D eigenvalue weighted by atomic mass is 16.6. The molecule has 0 aromatic rings. The average Bonchev–Trinajstić information content (AvgIpc) is 2.96. The third-order valence-corrected chi connectivity index (χ3v) is 6.85. The van der Waals surface area contributed by atoms with Gasteiger partial charge in [-0.25, -0.2) is 0 Å². The molecule has 242 valence electrons. The van der Waals surface area contributed by atoms with Gasteiger partial charge in [0.25, 0.3) is 0 Å². The van der Waals surface area contributed by atoms with Crippen LogP contribution in [0.3, 0.4) is 0 Å². The van der Waals surface area contributed by atoms with E-state index in [4.69, 9.17) is 9.47 Å². The predicted octanol–water partition coefficient (Wildman–Crippen LogP) is 8.72. The highest BCUT2D eigenvalue weighted by Crippen LogP contribution is 2.13. The monoisotopic (exact) mass is 590 g/mol. The van der Waals surface area contributed by atoms with Gasteiger partial charge in [0.1, 0.15) is 19.3 Å². The Kier molecular flexibility index (Phi) is 28.7. The number of hydrogen-bond donors (Lipinski definition) is 2. The molecule has 0 spiro atoms. The maximum Gasteiger partial charge on any atom is 0.305 e. The van der Waals surface area contributed by atoms with Crippen LogP contribution in [0.25, 0.3) is 0 Å². The van der Waals surface area contributed by atoms with E-state index in [0.29, 0.717) is 12.8 Å². The minimum Gasteiger partial charge on any atom is -0.463 e. The largest absolute Gasteiger partial charge is 0.463 e. The van der Waals surface area contributed by atoms with Crippen LogP contribution < -0.4 is 0 Å². The van der Waals surface area contributed by atoms with Crippen molar-refractivity contribution in [2.75, 3.05) is 13.2 Å². The molecule has 0 fully saturated rings. The summed E-state index contributed by atoms with van der Waals surface area (Å²) in [5.41, 5.74) is 0. The van der Waals surface area contributed by atoms with E-state index in [9.17, 15) is 19.8 Å². The Morgan fingerprint density at radius 2 is 1.19 bits per heavy atom. The van der Waals surface area contributed by atoms with Crippen LogP contribution in [-0.4, -0.2) is 47.6 Å². The molecule has 6 nitrogen and oxygen atoms in total. The van der Waals surface area contributed by atoms with E-state index in [-0.39, 0.29) is 37.7 Å². The van der Waals surface area contributed by atoms with Gasteiger partial charge in [-0.2, -0.15) is 0 Å². The average molecular weight is 591 g/mol. The predicted molar refractivity (Wildman–Crippen MR) is 174 cm³/mol. The van der Waals surface area contributed by atoms with E-state index in [1.54, 1.807) is 0 Å². The van der Waals surface area contributed by atoms with E-state index in [0.717, 1.165) is 63.7 Å². The lowest BCUT2D eigenvalue weighted by Gasteiger charge is -2.12. The van der Waals surface area contributed by atoms with Crippen molar-refractivity contribution in [2.45, 2.75) is 149 Å². The molecule has 2 atom stereocenters. The second kappa shape index (κ2) is 30.3. The van der Waals surface area contributed by atoms with Gasteiger partial charge in [-0.15, -0.1) is 0 Å². The Morgan fingerprint density at radius 1 is 0.643 bits per heavy atom. The first-order chi connectivity index (χ1) is 20.3. The molecular formula is C36H62O6. The Hall–Kier alpha value is -2.18. The van der Waals surface area contributed by atoms with Crippen molar-refractivity contribution in [3.63, 3.8) is 0 Å². The third kappa shape index (κ3) is 30.8. The molecule has 0 amide bonds. The van der Waals surface area contributed by atoms with Gasteiger partial charge in [-0.3, -0.25) is 9.59 Å². The zero-order valence-corrected chi connectivity index (χ0v) is 27.0.